The Morgan fingerprint density at radius 3 is 2.67 bits per heavy atom. The molecule has 2 N–H and O–H groups in total. The smallest absolute Gasteiger partial charge is 0.305 e. The molecule has 1 aromatic rings. The highest BCUT2D eigenvalue weighted by atomic mass is 16.5. The lowest BCUT2D eigenvalue weighted by atomic mass is 9.93. The maximum Gasteiger partial charge on any atom is 0.305 e. The van der Waals surface area contributed by atoms with Gasteiger partial charge < -0.3 is 19.9 Å². The lowest BCUT2D eigenvalue weighted by Gasteiger charge is -2.30. The van der Waals surface area contributed by atoms with Gasteiger partial charge in [-0.3, -0.25) is 9.59 Å². The fourth-order valence-electron chi connectivity index (χ4n) is 3.11. The molecule has 0 saturated heterocycles. The Labute approximate surface area is 142 Å². The van der Waals surface area contributed by atoms with Gasteiger partial charge in [-0.25, -0.2) is 0 Å². The molecule has 1 saturated carbocycles. The van der Waals surface area contributed by atoms with Crippen LogP contribution in [0, 0.1) is 0 Å². The highest BCUT2D eigenvalue weighted by Gasteiger charge is 2.38. The minimum atomic E-state index is -0.887. The van der Waals surface area contributed by atoms with Crippen LogP contribution in [-0.2, 0) is 20.9 Å². The van der Waals surface area contributed by atoms with Gasteiger partial charge in [0, 0.05) is 0 Å². The van der Waals surface area contributed by atoms with E-state index in [1.54, 1.807) is 14.0 Å². The number of aliphatic carboxylic acids is 1. The van der Waals surface area contributed by atoms with E-state index in [2.05, 4.69) is 5.32 Å². The number of carboxylic acid groups (broad SMARTS) is 1. The first-order chi connectivity index (χ1) is 11.4. The minimum absolute atomic E-state index is 0.0403. The lowest BCUT2D eigenvalue weighted by Crippen LogP contribution is -2.51. The molecule has 1 aromatic carbocycles. The number of nitrogens with one attached hydrogen (secondary N) is 1. The number of benzene rings is 1. The van der Waals surface area contributed by atoms with Gasteiger partial charge in [0.05, 0.1) is 25.7 Å². The molecule has 1 aliphatic carbocycles. The Balaban J connectivity index is 1.90. The van der Waals surface area contributed by atoms with Crippen molar-refractivity contribution in [2.24, 2.45) is 0 Å². The summed E-state index contributed by atoms with van der Waals surface area (Å²) < 4.78 is 10.8. The molecule has 0 bridgehead atoms. The van der Waals surface area contributed by atoms with E-state index in [0.29, 0.717) is 12.8 Å². The van der Waals surface area contributed by atoms with E-state index in [9.17, 15) is 9.59 Å². The van der Waals surface area contributed by atoms with Crippen LogP contribution in [0.3, 0.4) is 0 Å². The number of carbonyl (C=O) groups is 2. The van der Waals surface area contributed by atoms with Crippen molar-refractivity contribution in [3.63, 3.8) is 0 Å². The van der Waals surface area contributed by atoms with Crippen LogP contribution in [0.1, 0.15) is 44.6 Å². The van der Waals surface area contributed by atoms with E-state index in [1.807, 2.05) is 24.3 Å². The predicted octanol–water partition coefficient (Wildman–Crippen LogP) is 2.50. The number of carboxylic acids is 1. The zero-order valence-corrected chi connectivity index (χ0v) is 14.2. The molecule has 6 nitrogen and oxygen atoms in total. The van der Waals surface area contributed by atoms with Crippen LogP contribution in [0.2, 0.25) is 0 Å². The number of hydrogen-bond acceptors (Lipinski definition) is 4. The summed E-state index contributed by atoms with van der Waals surface area (Å²) in [5.41, 5.74) is 0.284. The summed E-state index contributed by atoms with van der Waals surface area (Å²) in [6.07, 6.45) is 2.59. The molecule has 1 aliphatic rings. The molecule has 132 valence electrons. The SMILES string of the molecule is COc1cccc(COC(C)C(=O)NC2(CC(=O)O)CCCC2)c1. The van der Waals surface area contributed by atoms with Crippen molar-refractivity contribution in [1.29, 1.82) is 0 Å². The van der Waals surface area contributed by atoms with Crippen molar-refractivity contribution in [2.75, 3.05) is 7.11 Å². The van der Waals surface area contributed by atoms with E-state index in [0.717, 1.165) is 24.2 Å². The quantitative estimate of drug-likeness (QED) is 0.762. The molecule has 6 heteroatoms. The highest BCUT2D eigenvalue weighted by Crippen LogP contribution is 2.32. The van der Waals surface area contributed by atoms with Gasteiger partial charge in [-0.15, -0.1) is 0 Å². The van der Waals surface area contributed by atoms with Gasteiger partial charge in [-0.1, -0.05) is 25.0 Å². The molecule has 0 aromatic heterocycles. The zero-order valence-electron chi connectivity index (χ0n) is 14.2. The van der Waals surface area contributed by atoms with Gasteiger partial charge in [-0.05, 0) is 37.5 Å². The lowest BCUT2D eigenvalue weighted by molar-refractivity contribution is -0.140. The number of ether oxygens (including phenoxy) is 2. The molecule has 1 unspecified atom stereocenters. The molecule has 1 fully saturated rings. The molecule has 0 aliphatic heterocycles. The summed E-state index contributed by atoms with van der Waals surface area (Å²) in [5.74, 6) is -0.414. The van der Waals surface area contributed by atoms with E-state index in [4.69, 9.17) is 14.6 Å². The Kier molecular flexibility index (Phi) is 6.20. The van der Waals surface area contributed by atoms with Gasteiger partial charge >= 0.3 is 5.97 Å². The first kappa shape index (κ1) is 18.3. The van der Waals surface area contributed by atoms with E-state index in [-0.39, 0.29) is 18.9 Å². The Morgan fingerprint density at radius 1 is 1.33 bits per heavy atom. The number of methoxy groups -OCH3 is 1. The maximum absolute atomic E-state index is 12.4. The van der Waals surface area contributed by atoms with Gasteiger partial charge in [0.1, 0.15) is 11.9 Å². The van der Waals surface area contributed by atoms with Crippen LogP contribution in [0.4, 0.5) is 0 Å². The Morgan fingerprint density at radius 2 is 2.04 bits per heavy atom. The summed E-state index contributed by atoms with van der Waals surface area (Å²) in [6, 6.07) is 7.46. The van der Waals surface area contributed by atoms with Crippen LogP contribution >= 0.6 is 0 Å². The summed E-state index contributed by atoms with van der Waals surface area (Å²) in [4.78, 5) is 23.5. The molecule has 2 rings (SSSR count). The fourth-order valence-corrected chi connectivity index (χ4v) is 3.11. The Hall–Kier alpha value is -2.08. The van der Waals surface area contributed by atoms with Gasteiger partial charge in [0.25, 0.3) is 0 Å². The summed E-state index contributed by atoms with van der Waals surface area (Å²) in [5, 5.41) is 12.0. The second-order valence-corrected chi connectivity index (χ2v) is 6.35. The summed E-state index contributed by atoms with van der Waals surface area (Å²) >= 11 is 0. The second kappa shape index (κ2) is 8.15. The van der Waals surface area contributed by atoms with Crippen molar-refractivity contribution in [3.8, 4) is 5.75 Å². The molecule has 1 amide bonds. The molecule has 0 heterocycles. The number of carbonyl (C=O) groups excluding carboxylic acids is 1. The fraction of sp³-hybridized carbons (Fsp3) is 0.556. The van der Waals surface area contributed by atoms with Crippen molar-refractivity contribution in [1.82, 2.24) is 5.32 Å². The normalized spacial score (nSPS) is 17.2. The van der Waals surface area contributed by atoms with Gasteiger partial charge in [-0.2, -0.15) is 0 Å². The molecule has 24 heavy (non-hydrogen) atoms. The zero-order chi connectivity index (χ0) is 17.6. The average molecular weight is 335 g/mol. The van der Waals surface area contributed by atoms with Gasteiger partial charge in [0.2, 0.25) is 5.91 Å². The average Bonchev–Trinajstić information content (AvgIpc) is 2.99. The third-order valence-electron chi connectivity index (χ3n) is 4.44. The maximum atomic E-state index is 12.4. The van der Waals surface area contributed by atoms with Crippen LogP contribution in [0.25, 0.3) is 0 Å². The second-order valence-electron chi connectivity index (χ2n) is 6.35. The van der Waals surface area contributed by atoms with Crippen molar-refractivity contribution in [2.45, 2.75) is 57.3 Å². The number of amides is 1. The first-order valence-corrected chi connectivity index (χ1v) is 8.22. The topological polar surface area (TPSA) is 84.9 Å². The van der Waals surface area contributed by atoms with Crippen LogP contribution < -0.4 is 10.1 Å². The molecule has 0 spiro atoms. The largest absolute Gasteiger partial charge is 0.497 e. The summed E-state index contributed by atoms with van der Waals surface area (Å²) in [6.45, 7) is 1.97. The third kappa shape index (κ3) is 4.96. The monoisotopic (exact) mass is 335 g/mol. The standard InChI is InChI=1S/C18H25NO5/c1-13(24-12-14-6-5-7-15(10-14)23-2)17(22)19-18(11-16(20)21)8-3-4-9-18/h5-7,10,13H,3-4,8-9,11-12H2,1-2H3,(H,19,22)(H,20,21). The predicted molar refractivity (Wildman–Crippen MR) is 88.8 cm³/mol. The van der Waals surface area contributed by atoms with E-state index < -0.39 is 17.6 Å². The van der Waals surface area contributed by atoms with Crippen molar-refractivity contribution >= 4 is 11.9 Å². The molecule has 0 radical (unpaired) electrons. The summed E-state index contributed by atoms with van der Waals surface area (Å²) in [7, 11) is 1.60. The van der Waals surface area contributed by atoms with Gasteiger partial charge in [0.15, 0.2) is 0 Å². The van der Waals surface area contributed by atoms with Crippen LogP contribution in [-0.4, -0.2) is 35.7 Å². The molecular formula is C18H25NO5. The highest BCUT2D eigenvalue weighted by molar-refractivity contribution is 5.82. The van der Waals surface area contributed by atoms with Crippen LogP contribution in [0.5, 0.6) is 5.75 Å². The van der Waals surface area contributed by atoms with Crippen molar-refractivity contribution < 1.29 is 24.2 Å². The Bertz CT molecular complexity index is 581. The number of rotatable bonds is 8. The molecular weight excluding hydrogens is 310 g/mol. The molecule has 1 atom stereocenters. The van der Waals surface area contributed by atoms with Crippen molar-refractivity contribution in [3.05, 3.63) is 29.8 Å². The third-order valence-corrected chi connectivity index (χ3v) is 4.44. The first-order valence-electron chi connectivity index (χ1n) is 8.22. The minimum Gasteiger partial charge on any atom is -0.497 e. The van der Waals surface area contributed by atoms with E-state index in [1.165, 1.54) is 0 Å². The van der Waals surface area contributed by atoms with Crippen LogP contribution in [0.15, 0.2) is 24.3 Å². The van der Waals surface area contributed by atoms with E-state index >= 15 is 0 Å². The number of hydrogen-bond donors (Lipinski definition) is 2.